The topological polar surface area (TPSA) is 100 Å². The molecule has 1 aliphatic heterocycles. The molecule has 0 bridgehead atoms. The molecule has 1 unspecified atom stereocenters. The average Bonchev–Trinajstić information content (AvgIpc) is 2.53. The summed E-state index contributed by atoms with van der Waals surface area (Å²) in [6, 6.07) is -0.536. The van der Waals surface area contributed by atoms with Gasteiger partial charge in [-0.1, -0.05) is 24.4 Å². The van der Waals surface area contributed by atoms with Gasteiger partial charge in [0.25, 0.3) is 0 Å². The summed E-state index contributed by atoms with van der Waals surface area (Å²) in [6.45, 7) is 2.29. The van der Waals surface area contributed by atoms with Crippen LogP contribution in [-0.2, 0) is 4.74 Å². The van der Waals surface area contributed by atoms with E-state index in [0.717, 1.165) is 25.7 Å². The number of rotatable bonds is 3. The maximum atomic E-state index is 12.2. The first-order valence-electron chi connectivity index (χ1n) is 7.33. The second kappa shape index (κ2) is 7.33. The molecule has 2 amide bonds. The minimum absolute atomic E-state index is 0.0958. The zero-order valence-corrected chi connectivity index (χ0v) is 11.8. The third-order valence-corrected chi connectivity index (χ3v) is 4.13. The van der Waals surface area contributed by atoms with E-state index in [1.165, 1.54) is 6.42 Å². The highest BCUT2D eigenvalue weighted by molar-refractivity contribution is 5.89. The van der Waals surface area contributed by atoms with Crippen molar-refractivity contribution in [3.05, 3.63) is 0 Å². The van der Waals surface area contributed by atoms with E-state index in [-0.39, 0.29) is 23.8 Å². The van der Waals surface area contributed by atoms with Gasteiger partial charge in [-0.05, 0) is 18.8 Å². The quantitative estimate of drug-likeness (QED) is 0.308. The van der Waals surface area contributed by atoms with Crippen molar-refractivity contribution >= 4 is 11.9 Å². The van der Waals surface area contributed by atoms with Gasteiger partial charge in [-0.25, -0.2) is 4.79 Å². The highest BCUT2D eigenvalue weighted by Gasteiger charge is 2.30. The van der Waals surface area contributed by atoms with Crippen LogP contribution in [-0.4, -0.2) is 54.3 Å². The van der Waals surface area contributed by atoms with E-state index in [0.29, 0.717) is 26.3 Å². The second-order valence-electron chi connectivity index (χ2n) is 5.45. The van der Waals surface area contributed by atoms with Crippen molar-refractivity contribution in [2.45, 2.75) is 38.1 Å². The summed E-state index contributed by atoms with van der Waals surface area (Å²) in [5.74, 6) is 0.350. The lowest BCUT2D eigenvalue weighted by Crippen LogP contribution is -2.55. The molecule has 1 heterocycles. The number of urea groups is 1. The highest BCUT2D eigenvalue weighted by Crippen LogP contribution is 2.26. The van der Waals surface area contributed by atoms with Crippen LogP contribution in [0, 0.1) is 5.92 Å². The molecule has 1 saturated heterocycles. The number of oxime groups is 1. The average molecular weight is 284 g/mol. The standard InChI is InChI=1S/C13H24N4O3/c14-12(16-19)11(10-4-2-1-3-5-10)15-13(18)17-6-8-20-9-7-17/h10-11,19H,1-9H2,(H2,14,16)(H,15,18). The number of amides is 2. The predicted molar refractivity (Wildman–Crippen MR) is 74.7 cm³/mol. The number of nitrogens with zero attached hydrogens (tertiary/aromatic N) is 2. The molecule has 1 atom stereocenters. The Hall–Kier alpha value is -1.50. The smallest absolute Gasteiger partial charge is 0.318 e. The molecular weight excluding hydrogens is 260 g/mol. The summed E-state index contributed by atoms with van der Waals surface area (Å²) in [7, 11) is 0. The van der Waals surface area contributed by atoms with E-state index < -0.39 is 0 Å². The maximum Gasteiger partial charge on any atom is 0.318 e. The lowest BCUT2D eigenvalue weighted by atomic mass is 9.83. The Bertz CT molecular complexity index is 350. The molecule has 2 aliphatic rings. The summed E-state index contributed by atoms with van der Waals surface area (Å²) in [6.07, 6.45) is 5.49. The van der Waals surface area contributed by atoms with Gasteiger partial charge < -0.3 is 25.9 Å². The summed E-state index contributed by atoms with van der Waals surface area (Å²) in [5.41, 5.74) is 5.77. The fraction of sp³-hybridized carbons (Fsp3) is 0.846. The first-order chi connectivity index (χ1) is 9.72. The third kappa shape index (κ3) is 3.75. The summed E-state index contributed by atoms with van der Waals surface area (Å²) in [4.78, 5) is 14.0. The number of hydrogen-bond donors (Lipinski definition) is 3. The van der Waals surface area contributed by atoms with Crippen molar-refractivity contribution in [1.82, 2.24) is 10.2 Å². The Morgan fingerprint density at radius 2 is 1.95 bits per heavy atom. The largest absolute Gasteiger partial charge is 0.409 e. The zero-order valence-electron chi connectivity index (χ0n) is 11.8. The van der Waals surface area contributed by atoms with E-state index >= 15 is 0 Å². The Morgan fingerprint density at radius 1 is 1.30 bits per heavy atom. The van der Waals surface area contributed by atoms with Crippen molar-refractivity contribution < 1.29 is 14.7 Å². The molecule has 0 spiro atoms. The maximum absolute atomic E-state index is 12.2. The number of nitrogens with two attached hydrogens (primary N) is 1. The number of carbonyl (C=O) groups excluding carboxylic acids is 1. The summed E-state index contributed by atoms with van der Waals surface area (Å²) in [5, 5.41) is 15.0. The molecule has 1 saturated carbocycles. The zero-order chi connectivity index (χ0) is 14.4. The Morgan fingerprint density at radius 3 is 2.55 bits per heavy atom. The normalized spacial score (nSPS) is 23.4. The van der Waals surface area contributed by atoms with Gasteiger partial charge in [0.05, 0.1) is 19.3 Å². The minimum Gasteiger partial charge on any atom is -0.409 e. The van der Waals surface area contributed by atoms with E-state index in [2.05, 4.69) is 10.5 Å². The van der Waals surface area contributed by atoms with Crippen LogP contribution in [0.5, 0.6) is 0 Å². The fourth-order valence-electron chi connectivity index (χ4n) is 2.95. The van der Waals surface area contributed by atoms with E-state index in [1.54, 1.807) is 4.90 Å². The number of ether oxygens (including phenoxy) is 1. The van der Waals surface area contributed by atoms with Crippen molar-refractivity contribution in [3.63, 3.8) is 0 Å². The summed E-state index contributed by atoms with van der Waals surface area (Å²) < 4.78 is 5.23. The molecule has 1 aliphatic carbocycles. The Kier molecular flexibility index (Phi) is 5.46. The fourth-order valence-corrected chi connectivity index (χ4v) is 2.95. The van der Waals surface area contributed by atoms with E-state index in [9.17, 15) is 4.79 Å². The van der Waals surface area contributed by atoms with Crippen LogP contribution < -0.4 is 11.1 Å². The molecule has 2 rings (SSSR count). The van der Waals surface area contributed by atoms with Gasteiger partial charge in [0.2, 0.25) is 0 Å². The van der Waals surface area contributed by atoms with Crippen LogP contribution in [0.4, 0.5) is 4.79 Å². The van der Waals surface area contributed by atoms with Crippen LogP contribution in [0.25, 0.3) is 0 Å². The van der Waals surface area contributed by atoms with Crippen LogP contribution in [0.1, 0.15) is 32.1 Å². The molecule has 0 aromatic rings. The van der Waals surface area contributed by atoms with Gasteiger partial charge in [0.1, 0.15) is 0 Å². The van der Waals surface area contributed by atoms with Gasteiger partial charge in [-0.3, -0.25) is 0 Å². The van der Waals surface area contributed by atoms with Gasteiger partial charge in [-0.2, -0.15) is 0 Å². The minimum atomic E-state index is -0.379. The van der Waals surface area contributed by atoms with Gasteiger partial charge in [0, 0.05) is 13.1 Å². The molecule has 20 heavy (non-hydrogen) atoms. The number of carbonyl (C=O) groups is 1. The molecule has 0 aromatic heterocycles. The summed E-state index contributed by atoms with van der Waals surface area (Å²) >= 11 is 0. The molecule has 4 N–H and O–H groups in total. The van der Waals surface area contributed by atoms with Crippen molar-refractivity contribution in [2.24, 2.45) is 16.8 Å². The SMILES string of the molecule is NC(=NO)C(NC(=O)N1CCOCC1)C1CCCCC1. The lowest BCUT2D eigenvalue weighted by Gasteiger charge is -2.33. The molecule has 0 aromatic carbocycles. The lowest BCUT2D eigenvalue weighted by molar-refractivity contribution is 0.0523. The van der Waals surface area contributed by atoms with Gasteiger partial charge >= 0.3 is 6.03 Å². The van der Waals surface area contributed by atoms with Crippen molar-refractivity contribution in [1.29, 1.82) is 0 Å². The molecule has 7 heteroatoms. The van der Waals surface area contributed by atoms with Gasteiger partial charge in [0.15, 0.2) is 5.84 Å². The van der Waals surface area contributed by atoms with E-state index in [1.807, 2.05) is 0 Å². The Balaban J connectivity index is 1.97. The monoisotopic (exact) mass is 284 g/mol. The number of amidine groups is 1. The molecule has 0 radical (unpaired) electrons. The van der Waals surface area contributed by atoms with Crippen LogP contribution in [0.2, 0.25) is 0 Å². The number of hydrogen-bond acceptors (Lipinski definition) is 4. The van der Waals surface area contributed by atoms with Crippen molar-refractivity contribution in [2.75, 3.05) is 26.3 Å². The molecule has 2 fully saturated rings. The first-order valence-corrected chi connectivity index (χ1v) is 7.33. The second-order valence-corrected chi connectivity index (χ2v) is 5.45. The number of nitrogens with one attached hydrogen (secondary N) is 1. The van der Waals surface area contributed by atoms with Crippen LogP contribution >= 0.6 is 0 Å². The first kappa shape index (κ1) is 14.9. The van der Waals surface area contributed by atoms with Crippen LogP contribution in [0.15, 0.2) is 5.16 Å². The third-order valence-electron chi connectivity index (χ3n) is 4.13. The van der Waals surface area contributed by atoms with Crippen LogP contribution in [0.3, 0.4) is 0 Å². The Labute approximate surface area is 119 Å². The molecule has 7 nitrogen and oxygen atoms in total. The molecular formula is C13H24N4O3. The van der Waals surface area contributed by atoms with Crippen molar-refractivity contribution in [3.8, 4) is 0 Å². The molecule has 114 valence electrons. The van der Waals surface area contributed by atoms with E-state index in [4.69, 9.17) is 15.7 Å². The number of morpholine rings is 1. The van der Waals surface area contributed by atoms with Gasteiger partial charge in [-0.15, -0.1) is 0 Å². The highest BCUT2D eigenvalue weighted by atomic mass is 16.5. The predicted octanol–water partition coefficient (Wildman–Crippen LogP) is 0.723.